The van der Waals surface area contributed by atoms with Gasteiger partial charge in [0, 0.05) is 10.2 Å². The number of benzene rings is 2. The molecule has 0 bridgehead atoms. The number of amides is 1. The third-order valence-corrected chi connectivity index (χ3v) is 4.41. The van der Waals surface area contributed by atoms with Crippen molar-refractivity contribution < 1.29 is 14.3 Å². The Morgan fingerprint density at radius 2 is 1.96 bits per heavy atom. The molecule has 27 heavy (non-hydrogen) atoms. The average Bonchev–Trinajstić information content (AvgIpc) is 2.67. The van der Waals surface area contributed by atoms with Crippen molar-refractivity contribution in [2.24, 2.45) is 0 Å². The number of aryl methyl sites for hydroxylation is 1. The van der Waals surface area contributed by atoms with Gasteiger partial charge in [-0.2, -0.15) is 5.26 Å². The van der Waals surface area contributed by atoms with Crippen molar-refractivity contribution in [3.05, 3.63) is 57.6 Å². The molecule has 0 heterocycles. The van der Waals surface area contributed by atoms with Crippen LogP contribution in [0.5, 0.6) is 11.5 Å². The van der Waals surface area contributed by atoms with Crippen molar-refractivity contribution in [2.75, 3.05) is 19.0 Å². The van der Waals surface area contributed by atoms with Crippen LogP contribution in [0, 0.1) is 18.3 Å². The molecule has 0 spiro atoms. The Hall–Kier alpha value is -2.78. The summed E-state index contributed by atoms with van der Waals surface area (Å²) < 4.78 is 11.7. The summed E-state index contributed by atoms with van der Waals surface area (Å²) in [6.45, 7) is 4.55. The van der Waals surface area contributed by atoms with Gasteiger partial charge in [0.1, 0.15) is 11.6 Å². The van der Waals surface area contributed by atoms with E-state index in [1.807, 2.05) is 32.0 Å². The molecular weight excluding hydrogens is 408 g/mol. The number of carbonyl (C=O) groups is 1. The molecule has 0 aliphatic carbocycles. The summed E-state index contributed by atoms with van der Waals surface area (Å²) >= 11 is 3.46. The number of nitrogens with one attached hydrogen (secondary N) is 1. The summed E-state index contributed by atoms with van der Waals surface area (Å²) in [5.41, 5.74) is 2.35. The Labute approximate surface area is 167 Å². The van der Waals surface area contributed by atoms with Crippen molar-refractivity contribution in [1.29, 1.82) is 5.26 Å². The lowest BCUT2D eigenvalue weighted by atomic mass is 10.1. The van der Waals surface area contributed by atoms with Gasteiger partial charge in [-0.3, -0.25) is 4.79 Å². The molecular formula is C21H21BrN2O3. The zero-order valence-electron chi connectivity index (χ0n) is 15.5. The molecule has 0 atom stereocenters. The summed E-state index contributed by atoms with van der Waals surface area (Å²) in [6, 6.07) is 12.8. The third kappa shape index (κ3) is 5.60. The first-order valence-corrected chi connectivity index (χ1v) is 9.28. The highest BCUT2D eigenvalue weighted by Crippen LogP contribution is 2.34. The molecule has 0 radical (unpaired) electrons. The predicted octanol–water partition coefficient (Wildman–Crippen LogP) is 5.10. The second kappa shape index (κ2) is 9.79. The molecule has 0 saturated carbocycles. The molecule has 0 fully saturated rings. The maximum atomic E-state index is 12.4. The van der Waals surface area contributed by atoms with E-state index < -0.39 is 5.91 Å². The molecule has 0 aromatic heterocycles. The first-order chi connectivity index (χ1) is 13.0. The molecule has 2 aromatic carbocycles. The molecule has 6 heteroatoms. The molecule has 1 N–H and O–H groups in total. The smallest absolute Gasteiger partial charge is 0.266 e. The van der Waals surface area contributed by atoms with E-state index in [1.54, 1.807) is 31.4 Å². The van der Waals surface area contributed by atoms with E-state index in [9.17, 15) is 10.1 Å². The van der Waals surface area contributed by atoms with Gasteiger partial charge >= 0.3 is 0 Å². The number of halogens is 1. The largest absolute Gasteiger partial charge is 0.493 e. The second-order valence-corrected chi connectivity index (χ2v) is 6.72. The molecule has 0 aliphatic rings. The Bertz CT molecular complexity index is 884. The first kappa shape index (κ1) is 20.5. The van der Waals surface area contributed by atoms with Crippen LogP contribution in [0.2, 0.25) is 0 Å². The lowest BCUT2D eigenvalue weighted by Crippen LogP contribution is -2.13. The van der Waals surface area contributed by atoms with Crippen LogP contribution in [0.3, 0.4) is 0 Å². The number of nitriles is 1. The second-order valence-electron chi connectivity index (χ2n) is 5.86. The van der Waals surface area contributed by atoms with Crippen LogP contribution < -0.4 is 14.8 Å². The zero-order valence-corrected chi connectivity index (χ0v) is 17.1. The van der Waals surface area contributed by atoms with Crippen molar-refractivity contribution in [1.82, 2.24) is 0 Å². The number of nitrogens with zero attached hydrogens (tertiary/aromatic N) is 1. The van der Waals surface area contributed by atoms with Crippen LogP contribution >= 0.6 is 15.9 Å². The average molecular weight is 429 g/mol. The molecule has 2 aromatic rings. The monoisotopic (exact) mass is 428 g/mol. The highest BCUT2D eigenvalue weighted by molar-refractivity contribution is 9.10. The molecule has 1 amide bonds. The normalized spacial score (nSPS) is 10.9. The van der Waals surface area contributed by atoms with E-state index in [0.717, 1.165) is 12.0 Å². The minimum absolute atomic E-state index is 0.0134. The van der Waals surface area contributed by atoms with E-state index in [-0.39, 0.29) is 5.57 Å². The molecule has 140 valence electrons. The van der Waals surface area contributed by atoms with Crippen molar-refractivity contribution in [3.63, 3.8) is 0 Å². The van der Waals surface area contributed by atoms with Gasteiger partial charge in [-0.25, -0.2) is 0 Å². The highest BCUT2D eigenvalue weighted by Gasteiger charge is 2.13. The Balaban J connectivity index is 2.29. The quantitative estimate of drug-likeness (QED) is 0.491. The molecule has 5 nitrogen and oxygen atoms in total. The number of hydrogen-bond acceptors (Lipinski definition) is 4. The van der Waals surface area contributed by atoms with E-state index in [0.29, 0.717) is 33.8 Å². The van der Waals surface area contributed by atoms with Crippen LogP contribution in [0.4, 0.5) is 5.69 Å². The van der Waals surface area contributed by atoms with Gasteiger partial charge in [0.05, 0.1) is 13.7 Å². The standard InChI is InChI=1S/C21H21BrN2O3/c1-4-9-27-20-12-18(22)15(11-19(20)26-3)10-16(13-23)21(25)24-17-7-5-14(2)6-8-17/h5-8,10-12H,4,9H2,1-3H3,(H,24,25). The maximum absolute atomic E-state index is 12.4. The molecule has 0 saturated heterocycles. The fourth-order valence-electron chi connectivity index (χ4n) is 2.29. The lowest BCUT2D eigenvalue weighted by Gasteiger charge is -2.12. The van der Waals surface area contributed by atoms with E-state index in [2.05, 4.69) is 21.2 Å². The van der Waals surface area contributed by atoms with Crippen molar-refractivity contribution in [2.45, 2.75) is 20.3 Å². The van der Waals surface area contributed by atoms with Gasteiger partial charge in [0.2, 0.25) is 0 Å². The van der Waals surface area contributed by atoms with Gasteiger partial charge in [0.15, 0.2) is 11.5 Å². The summed E-state index contributed by atoms with van der Waals surface area (Å²) in [5.74, 6) is 0.665. The fourth-order valence-corrected chi connectivity index (χ4v) is 2.72. The van der Waals surface area contributed by atoms with E-state index >= 15 is 0 Å². The van der Waals surface area contributed by atoms with Gasteiger partial charge in [-0.15, -0.1) is 0 Å². The number of methoxy groups -OCH3 is 1. The van der Waals surface area contributed by atoms with E-state index in [4.69, 9.17) is 9.47 Å². The number of anilines is 1. The SMILES string of the molecule is CCCOc1cc(Br)c(C=C(C#N)C(=O)Nc2ccc(C)cc2)cc1OC. The Kier molecular flexibility index (Phi) is 7.44. The van der Waals surface area contributed by atoms with Crippen LogP contribution in [-0.4, -0.2) is 19.6 Å². The molecule has 2 rings (SSSR count). The van der Waals surface area contributed by atoms with Gasteiger partial charge in [-0.05, 0) is 49.2 Å². The number of hydrogen-bond donors (Lipinski definition) is 1. The van der Waals surface area contributed by atoms with Crippen LogP contribution in [0.25, 0.3) is 6.08 Å². The predicted molar refractivity (Wildman–Crippen MR) is 110 cm³/mol. The summed E-state index contributed by atoms with van der Waals surface area (Å²) in [7, 11) is 1.55. The maximum Gasteiger partial charge on any atom is 0.266 e. The lowest BCUT2D eigenvalue weighted by molar-refractivity contribution is -0.112. The minimum Gasteiger partial charge on any atom is -0.493 e. The minimum atomic E-state index is -0.474. The van der Waals surface area contributed by atoms with E-state index in [1.165, 1.54) is 6.08 Å². The first-order valence-electron chi connectivity index (χ1n) is 8.48. The summed E-state index contributed by atoms with van der Waals surface area (Å²) in [5, 5.41) is 12.1. The van der Waals surface area contributed by atoms with Crippen LogP contribution in [0.1, 0.15) is 24.5 Å². The highest BCUT2D eigenvalue weighted by atomic mass is 79.9. The van der Waals surface area contributed by atoms with Crippen molar-refractivity contribution in [3.8, 4) is 17.6 Å². The van der Waals surface area contributed by atoms with Crippen LogP contribution in [0.15, 0.2) is 46.4 Å². The number of carbonyl (C=O) groups excluding carboxylic acids is 1. The molecule has 0 unspecified atom stereocenters. The van der Waals surface area contributed by atoms with Crippen molar-refractivity contribution >= 4 is 33.6 Å². The summed E-state index contributed by atoms with van der Waals surface area (Å²) in [4.78, 5) is 12.4. The number of rotatable bonds is 7. The summed E-state index contributed by atoms with van der Waals surface area (Å²) in [6.07, 6.45) is 2.39. The Morgan fingerprint density at radius 3 is 2.56 bits per heavy atom. The Morgan fingerprint density at radius 1 is 1.26 bits per heavy atom. The van der Waals surface area contributed by atoms with Gasteiger partial charge in [-0.1, -0.05) is 40.5 Å². The van der Waals surface area contributed by atoms with Crippen LogP contribution in [-0.2, 0) is 4.79 Å². The van der Waals surface area contributed by atoms with Gasteiger partial charge < -0.3 is 14.8 Å². The van der Waals surface area contributed by atoms with Gasteiger partial charge in [0.25, 0.3) is 5.91 Å². The third-order valence-electron chi connectivity index (χ3n) is 3.72. The fraction of sp³-hybridized carbons (Fsp3) is 0.238. The topological polar surface area (TPSA) is 71.3 Å². The number of ether oxygens (including phenoxy) is 2. The zero-order chi connectivity index (χ0) is 19.8. The molecule has 0 aliphatic heterocycles.